The molecule has 1 aliphatic rings. The summed E-state index contributed by atoms with van der Waals surface area (Å²) in [5, 5.41) is 0. The van der Waals surface area contributed by atoms with Gasteiger partial charge in [-0.1, -0.05) is 13.8 Å². The highest BCUT2D eigenvalue weighted by Crippen LogP contribution is 2.23. The van der Waals surface area contributed by atoms with Crippen LogP contribution < -0.4 is 0 Å². The van der Waals surface area contributed by atoms with Crippen LogP contribution in [0.2, 0.25) is 0 Å². The third-order valence-corrected chi connectivity index (χ3v) is 3.15. The van der Waals surface area contributed by atoms with Gasteiger partial charge < -0.3 is 9.47 Å². The average molecular weight is 215 g/mol. The van der Waals surface area contributed by atoms with Gasteiger partial charge >= 0.3 is 0 Å². The van der Waals surface area contributed by atoms with Crippen molar-refractivity contribution >= 4 is 0 Å². The zero-order valence-electron chi connectivity index (χ0n) is 10.5. The van der Waals surface area contributed by atoms with Crippen molar-refractivity contribution in [1.29, 1.82) is 0 Å². The van der Waals surface area contributed by atoms with Crippen molar-refractivity contribution in [2.75, 3.05) is 27.3 Å². The fourth-order valence-corrected chi connectivity index (χ4v) is 2.38. The van der Waals surface area contributed by atoms with Gasteiger partial charge in [0, 0.05) is 26.8 Å². The van der Waals surface area contributed by atoms with Crippen molar-refractivity contribution in [2.24, 2.45) is 5.92 Å². The van der Waals surface area contributed by atoms with E-state index < -0.39 is 0 Å². The van der Waals surface area contributed by atoms with Crippen LogP contribution in [0.15, 0.2) is 0 Å². The Morgan fingerprint density at radius 2 is 1.93 bits per heavy atom. The molecule has 0 N–H and O–H groups in total. The molecule has 1 atom stereocenters. The number of ether oxygens (including phenoxy) is 2. The molecule has 0 radical (unpaired) electrons. The van der Waals surface area contributed by atoms with Gasteiger partial charge in [0.05, 0.1) is 0 Å². The number of methoxy groups -OCH3 is 2. The highest BCUT2D eigenvalue weighted by molar-refractivity contribution is 4.80. The van der Waals surface area contributed by atoms with Crippen LogP contribution in [0.1, 0.15) is 33.1 Å². The standard InChI is InChI=1S/C12H25NO2/c1-10(2)8-11-6-5-7-13(11)9-12(14-3)15-4/h10-12H,5-9H2,1-4H3. The summed E-state index contributed by atoms with van der Waals surface area (Å²) in [5.74, 6) is 0.777. The minimum Gasteiger partial charge on any atom is -0.355 e. The van der Waals surface area contributed by atoms with Gasteiger partial charge in [0.1, 0.15) is 0 Å². The van der Waals surface area contributed by atoms with Gasteiger partial charge in [-0.2, -0.15) is 0 Å². The van der Waals surface area contributed by atoms with Gasteiger partial charge in [-0.05, 0) is 31.7 Å². The molecule has 0 bridgehead atoms. The lowest BCUT2D eigenvalue weighted by Crippen LogP contribution is -2.38. The summed E-state index contributed by atoms with van der Waals surface area (Å²) in [7, 11) is 3.42. The lowest BCUT2D eigenvalue weighted by atomic mass is 10.0. The maximum atomic E-state index is 5.25. The number of likely N-dealkylation sites (tertiary alicyclic amines) is 1. The average Bonchev–Trinajstić information content (AvgIpc) is 2.61. The highest BCUT2D eigenvalue weighted by atomic mass is 16.7. The quantitative estimate of drug-likeness (QED) is 0.633. The molecule has 15 heavy (non-hydrogen) atoms. The Hall–Kier alpha value is -0.120. The SMILES string of the molecule is COC(CN1CCCC1CC(C)C)OC. The van der Waals surface area contributed by atoms with Crippen LogP contribution in [-0.2, 0) is 9.47 Å². The summed E-state index contributed by atoms with van der Waals surface area (Å²) < 4.78 is 10.5. The minimum absolute atomic E-state index is 0.0715. The zero-order valence-corrected chi connectivity index (χ0v) is 10.5. The van der Waals surface area contributed by atoms with Gasteiger partial charge in [-0.15, -0.1) is 0 Å². The van der Waals surface area contributed by atoms with Crippen molar-refractivity contribution in [3.63, 3.8) is 0 Å². The van der Waals surface area contributed by atoms with E-state index >= 15 is 0 Å². The van der Waals surface area contributed by atoms with Crippen LogP contribution in [0.5, 0.6) is 0 Å². The van der Waals surface area contributed by atoms with E-state index in [1.165, 1.54) is 25.8 Å². The molecule has 1 rings (SSSR count). The second-order valence-electron chi connectivity index (χ2n) is 4.82. The molecule has 0 aromatic rings. The van der Waals surface area contributed by atoms with E-state index in [0.29, 0.717) is 0 Å². The van der Waals surface area contributed by atoms with Crippen LogP contribution >= 0.6 is 0 Å². The Morgan fingerprint density at radius 3 is 2.47 bits per heavy atom. The van der Waals surface area contributed by atoms with Crippen LogP contribution in [0.4, 0.5) is 0 Å². The van der Waals surface area contributed by atoms with Crippen molar-refractivity contribution in [1.82, 2.24) is 4.90 Å². The summed E-state index contributed by atoms with van der Waals surface area (Å²) in [6.07, 6.45) is 3.87. The summed E-state index contributed by atoms with van der Waals surface area (Å²) in [5.41, 5.74) is 0. The van der Waals surface area contributed by atoms with Gasteiger partial charge in [-0.25, -0.2) is 0 Å². The summed E-state index contributed by atoms with van der Waals surface area (Å²) >= 11 is 0. The Labute approximate surface area is 93.7 Å². The zero-order chi connectivity index (χ0) is 11.3. The fraction of sp³-hybridized carbons (Fsp3) is 1.00. The molecule has 0 amide bonds. The molecule has 1 saturated heterocycles. The van der Waals surface area contributed by atoms with Crippen LogP contribution in [-0.4, -0.2) is 44.5 Å². The molecule has 0 aliphatic carbocycles. The summed E-state index contributed by atoms with van der Waals surface area (Å²) in [6.45, 7) is 6.69. The smallest absolute Gasteiger partial charge is 0.169 e. The van der Waals surface area contributed by atoms with Crippen LogP contribution in [0.25, 0.3) is 0 Å². The molecule has 1 heterocycles. The third kappa shape index (κ3) is 4.09. The largest absolute Gasteiger partial charge is 0.355 e. The predicted octanol–water partition coefficient (Wildman–Crippen LogP) is 2.12. The molecule has 90 valence electrons. The number of nitrogens with zero attached hydrogens (tertiary/aromatic N) is 1. The van der Waals surface area contributed by atoms with E-state index in [1.807, 2.05) is 0 Å². The maximum Gasteiger partial charge on any atom is 0.169 e. The first-order valence-electron chi connectivity index (χ1n) is 5.97. The third-order valence-electron chi connectivity index (χ3n) is 3.15. The van der Waals surface area contributed by atoms with Crippen molar-refractivity contribution in [3.05, 3.63) is 0 Å². The molecule has 3 nitrogen and oxygen atoms in total. The van der Waals surface area contributed by atoms with Crippen LogP contribution in [0, 0.1) is 5.92 Å². The van der Waals surface area contributed by atoms with Gasteiger partial charge in [0.15, 0.2) is 6.29 Å². The first kappa shape index (κ1) is 12.9. The lowest BCUT2D eigenvalue weighted by Gasteiger charge is -2.28. The van der Waals surface area contributed by atoms with Crippen molar-refractivity contribution in [3.8, 4) is 0 Å². The van der Waals surface area contributed by atoms with Crippen LogP contribution in [0.3, 0.4) is 0 Å². The van der Waals surface area contributed by atoms with Gasteiger partial charge in [0.2, 0.25) is 0 Å². The van der Waals surface area contributed by atoms with E-state index in [4.69, 9.17) is 9.47 Å². The molecular weight excluding hydrogens is 190 g/mol. The fourth-order valence-electron chi connectivity index (χ4n) is 2.38. The first-order valence-corrected chi connectivity index (χ1v) is 5.97. The first-order chi connectivity index (χ1) is 7.17. The topological polar surface area (TPSA) is 21.7 Å². The predicted molar refractivity (Wildman–Crippen MR) is 61.9 cm³/mol. The molecule has 0 spiro atoms. The summed E-state index contributed by atoms with van der Waals surface area (Å²) in [4.78, 5) is 2.51. The Kier molecular flexibility index (Phi) is 5.58. The minimum atomic E-state index is -0.0715. The number of hydrogen-bond donors (Lipinski definition) is 0. The Bertz CT molecular complexity index is 169. The molecule has 1 aliphatic heterocycles. The van der Waals surface area contributed by atoms with Gasteiger partial charge in [-0.3, -0.25) is 4.90 Å². The van der Waals surface area contributed by atoms with Crippen molar-refractivity contribution < 1.29 is 9.47 Å². The number of hydrogen-bond acceptors (Lipinski definition) is 3. The molecule has 0 aromatic carbocycles. The Morgan fingerprint density at radius 1 is 1.27 bits per heavy atom. The van der Waals surface area contributed by atoms with E-state index in [1.54, 1.807) is 14.2 Å². The second-order valence-corrected chi connectivity index (χ2v) is 4.82. The maximum absolute atomic E-state index is 5.25. The van der Waals surface area contributed by atoms with E-state index in [0.717, 1.165) is 18.5 Å². The molecule has 1 unspecified atom stereocenters. The highest BCUT2D eigenvalue weighted by Gasteiger charge is 2.27. The van der Waals surface area contributed by atoms with E-state index in [2.05, 4.69) is 18.7 Å². The summed E-state index contributed by atoms with van der Waals surface area (Å²) in [6, 6.07) is 0.734. The number of rotatable bonds is 6. The molecular formula is C12H25NO2. The molecule has 3 heteroatoms. The van der Waals surface area contributed by atoms with E-state index in [9.17, 15) is 0 Å². The monoisotopic (exact) mass is 215 g/mol. The molecule has 1 fully saturated rings. The van der Waals surface area contributed by atoms with Gasteiger partial charge in [0.25, 0.3) is 0 Å². The molecule has 0 aromatic heterocycles. The second kappa shape index (κ2) is 6.46. The Balaban J connectivity index is 2.38. The lowest BCUT2D eigenvalue weighted by molar-refractivity contribution is -0.118. The van der Waals surface area contributed by atoms with Crippen molar-refractivity contribution in [2.45, 2.75) is 45.4 Å². The molecule has 0 saturated carbocycles. The van der Waals surface area contributed by atoms with E-state index in [-0.39, 0.29) is 6.29 Å². The normalized spacial score (nSPS) is 23.2.